The van der Waals surface area contributed by atoms with E-state index in [0.29, 0.717) is 24.2 Å². The van der Waals surface area contributed by atoms with Crippen LogP contribution in [0.3, 0.4) is 0 Å². The maximum absolute atomic E-state index is 13.6. The predicted molar refractivity (Wildman–Crippen MR) is 122 cm³/mol. The molecular weight excluding hydrogens is 423 g/mol. The molecule has 3 aromatic rings. The topological polar surface area (TPSA) is 96.1 Å². The van der Waals surface area contributed by atoms with Crippen LogP contribution in [0.4, 0.5) is 15.0 Å². The molecule has 1 aliphatic rings. The first-order chi connectivity index (χ1) is 15.8. The number of halogens is 1. The van der Waals surface area contributed by atoms with Crippen molar-refractivity contribution in [2.45, 2.75) is 50.7 Å². The highest BCUT2D eigenvalue weighted by Gasteiger charge is 2.35. The highest BCUT2D eigenvalue weighted by atomic mass is 19.1. The minimum absolute atomic E-state index is 0.0740. The van der Waals surface area contributed by atoms with Crippen molar-refractivity contribution >= 4 is 17.8 Å². The van der Waals surface area contributed by atoms with Gasteiger partial charge in [-0.25, -0.2) is 9.18 Å². The highest BCUT2D eigenvalue weighted by molar-refractivity contribution is 5.97. The number of carbonyl (C=O) groups is 2. The Morgan fingerprint density at radius 2 is 1.82 bits per heavy atom. The largest absolute Gasteiger partial charge is 0.446 e. The number of hydrogen-bond donors (Lipinski definition) is 3. The summed E-state index contributed by atoms with van der Waals surface area (Å²) < 4.78 is 19.0. The Morgan fingerprint density at radius 1 is 1.12 bits per heavy atom. The van der Waals surface area contributed by atoms with Gasteiger partial charge in [-0.3, -0.25) is 9.89 Å². The Morgan fingerprint density at radius 3 is 2.55 bits per heavy atom. The molecule has 0 spiro atoms. The number of rotatable bonds is 7. The minimum Gasteiger partial charge on any atom is -0.446 e. The normalized spacial score (nSPS) is 17.7. The number of nitrogens with zero attached hydrogens (tertiary/aromatic N) is 1. The van der Waals surface area contributed by atoms with Crippen LogP contribution in [-0.4, -0.2) is 28.3 Å². The first kappa shape index (κ1) is 22.5. The van der Waals surface area contributed by atoms with Crippen LogP contribution < -0.4 is 10.6 Å². The molecule has 0 radical (unpaired) electrons. The molecule has 172 valence electrons. The van der Waals surface area contributed by atoms with Gasteiger partial charge in [-0.15, -0.1) is 0 Å². The lowest BCUT2D eigenvalue weighted by atomic mass is 9.80. The molecule has 0 aliphatic heterocycles. The fraction of sp³-hybridized carbons (Fsp3) is 0.320. The summed E-state index contributed by atoms with van der Waals surface area (Å²) in [6.07, 6.45) is 0.521. The van der Waals surface area contributed by atoms with Crippen LogP contribution >= 0.6 is 0 Å². The van der Waals surface area contributed by atoms with E-state index in [1.807, 2.05) is 50.2 Å². The first-order valence-electron chi connectivity index (χ1n) is 10.9. The third kappa shape index (κ3) is 5.22. The van der Waals surface area contributed by atoms with E-state index in [9.17, 15) is 14.0 Å². The summed E-state index contributed by atoms with van der Waals surface area (Å²) in [4.78, 5) is 24.8. The van der Waals surface area contributed by atoms with Crippen LogP contribution in [0.1, 0.15) is 49.4 Å². The lowest BCUT2D eigenvalue weighted by Gasteiger charge is -2.33. The maximum atomic E-state index is 13.6. The van der Waals surface area contributed by atoms with E-state index >= 15 is 0 Å². The summed E-state index contributed by atoms with van der Waals surface area (Å²) in [5, 5.41) is 12.6. The smallest absolute Gasteiger partial charge is 0.407 e. The lowest BCUT2D eigenvalue weighted by Crippen LogP contribution is -2.36. The zero-order valence-electron chi connectivity index (χ0n) is 18.6. The summed E-state index contributed by atoms with van der Waals surface area (Å²) in [6, 6.07) is 17.7. The number of alkyl carbamates (subject to hydrolysis) is 1. The van der Waals surface area contributed by atoms with E-state index < -0.39 is 11.5 Å². The third-order valence-corrected chi connectivity index (χ3v) is 6.09. The zero-order valence-corrected chi connectivity index (χ0v) is 18.6. The van der Waals surface area contributed by atoms with Crippen molar-refractivity contribution in [3.8, 4) is 0 Å². The molecule has 1 saturated carbocycles. The van der Waals surface area contributed by atoms with E-state index in [1.165, 1.54) is 6.07 Å². The number of aromatic amines is 1. The second-order valence-electron chi connectivity index (χ2n) is 8.79. The number of amides is 2. The van der Waals surface area contributed by atoms with Crippen LogP contribution in [0.2, 0.25) is 0 Å². The quantitative estimate of drug-likeness (QED) is 0.489. The third-order valence-electron chi connectivity index (χ3n) is 6.09. The van der Waals surface area contributed by atoms with E-state index in [1.54, 1.807) is 18.2 Å². The van der Waals surface area contributed by atoms with Gasteiger partial charge in [-0.2, -0.15) is 5.10 Å². The number of ether oxygens (including phenoxy) is 1. The molecular formula is C25H27FN4O3. The lowest BCUT2D eigenvalue weighted by molar-refractivity contribution is -0.120. The Labute approximate surface area is 191 Å². The van der Waals surface area contributed by atoms with Crippen LogP contribution in [0.15, 0.2) is 60.7 Å². The van der Waals surface area contributed by atoms with E-state index in [-0.39, 0.29) is 30.3 Å². The van der Waals surface area contributed by atoms with E-state index in [0.717, 1.165) is 11.3 Å². The van der Waals surface area contributed by atoms with Crippen LogP contribution in [0.5, 0.6) is 0 Å². The van der Waals surface area contributed by atoms with Gasteiger partial charge in [-0.1, -0.05) is 48.5 Å². The molecule has 1 heterocycles. The second kappa shape index (κ2) is 9.44. The minimum atomic E-state index is -0.703. The maximum Gasteiger partial charge on any atom is 0.407 e. The summed E-state index contributed by atoms with van der Waals surface area (Å²) >= 11 is 0. The van der Waals surface area contributed by atoms with Crippen molar-refractivity contribution in [2.75, 3.05) is 5.32 Å². The summed E-state index contributed by atoms with van der Waals surface area (Å²) in [5.74, 6) is 0.115. The van der Waals surface area contributed by atoms with Gasteiger partial charge in [0.05, 0.1) is 5.41 Å². The number of anilines is 1. The number of benzene rings is 2. The summed E-state index contributed by atoms with van der Waals surface area (Å²) in [6.45, 7) is 3.82. The van der Waals surface area contributed by atoms with Crippen LogP contribution in [0, 0.1) is 5.82 Å². The molecule has 3 N–H and O–H groups in total. The number of nitrogens with one attached hydrogen (secondary N) is 3. The highest BCUT2D eigenvalue weighted by Crippen LogP contribution is 2.38. The van der Waals surface area contributed by atoms with Gasteiger partial charge in [0.15, 0.2) is 5.82 Å². The Kier molecular flexibility index (Phi) is 6.44. The molecule has 7 nitrogen and oxygen atoms in total. The van der Waals surface area contributed by atoms with Crippen molar-refractivity contribution < 1.29 is 18.7 Å². The van der Waals surface area contributed by atoms with Crippen molar-refractivity contribution in [1.29, 1.82) is 0 Å². The average molecular weight is 451 g/mol. The van der Waals surface area contributed by atoms with Crippen molar-refractivity contribution in [1.82, 2.24) is 15.5 Å². The SMILES string of the molecule is CC(C)(C(=O)Nc1cc(C2CC(OC(=O)NCc3ccccc3F)C2)[nH]n1)c1ccccc1. The van der Waals surface area contributed by atoms with Gasteiger partial charge in [-0.05, 0) is 38.3 Å². The molecule has 2 amide bonds. The summed E-state index contributed by atoms with van der Waals surface area (Å²) in [7, 11) is 0. The first-order valence-corrected chi connectivity index (χ1v) is 10.9. The van der Waals surface area contributed by atoms with Crippen molar-refractivity contribution in [3.63, 3.8) is 0 Å². The molecule has 4 rings (SSSR count). The van der Waals surface area contributed by atoms with Gasteiger partial charge < -0.3 is 15.4 Å². The van der Waals surface area contributed by atoms with Crippen molar-refractivity contribution in [3.05, 3.63) is 83.3 Å². The molecule has 1 aliphatic carbocycles. The van der Waals surface area contributed by atoms with Gasteiger partial charge in [0.25, 0.3) is 0 Å². The molecule has 33 heavy (non-hydrogen) atoms. The van der Waals surface area contributed by atoms with Crippen LogP contribution in [-0.2, 0) is 21.5 Å². The monoisotopic (exact) mass is 450 g/mol. The van der Waals surface area contributed by atoms with Gasteiger partial charge in [0.1, 0.15) is 11.9 Å². The Hall–Kier alpha value is -3.68. The van der Waals surface area contributed by atoms with Gasteiger partial charge >= 0.3 is 6.09 Å². The number of carbonyl (C=O) groups excluding carboxylic acids is 2. The number of hydrogen-bond acceptors (Lipinski definition) is 4. The molecule has 2 aromatic carbocycles. The van der Waals surface area contributed by atoms with Crippen LogP contribution in [0.25, 0.3) is 0 Å². The number of aromatic nitrogens is 2. The zero-order chi connectivity index (χ0) is 23.4. The van der Waals surface area contributed by atoms with Crippen molar-refractivity contribution in [2.24, 2.45) is 0 Å². The van der Waals surface area contributed by atoms with Gasteiger partial charge in [0, 0.05) is 29.8 Å². The molecule has 0 bridgehead atoms. The fourth-order valence-electron chi connectivity index (χ4n) is 3.79. The number of H-pyrrole nitrogens is 1. The molecule has 0 atom stereocenters. The summed E-state index contributed by atoms with van der Waals surface area (Å²) in [5.41, 5.74) is 1.51. The standard InChI is InChI=1S/C25H27FN4O3/c1-25(2,18-9-4-3-5-10-18)23(31)28-22-14-21(29-30-22)17-12-19(13-17)33-24(32)27-15-16-8-6-7-11-20(16)26/h3-11,14,17,19H,12-13,15H2,1-2H3,(H,27,32)(H2,28,29,30,31). The molecule has 1 aromatic heterocycles. The average Bonchev–Trinajstić information content (AvgIpc) is 3.23. The molecule has 8 heteroatoms. The van der Waals surface area contributed by atoms with E-state index in [2.05, 4.69) is 20.8 Å². The predicted octanol–water partition coefficient (Wildman–Crippen LogP) is 4.64. The molecule has 0 unspecified atom stereocenters. The second-order valence-corrected chi connectivity index (χ2v) is 8.79. The molecule has 1 fully saturated rings. The van der Waals surface area contributed by atoms with Gasteiger partial charge in [0.2, 0.25) is 5.91 Å². The fourth-order valence-corrected chi connectivity index (χ4v) is 3.79. The Bertz CT molecular complexity index is 1120. The Balaban J connectivity index is 1.24. The molecule has 0 saturated heterocycles. The van der Waals surface area contributed by atoms with E-state index in [4.69, 9.17) is 4.74 Å².